The van der Waals surface area contributed by atoms with Crippen LogP contribution >= 0.6 is 0 Å². The Morgan fingerprint density at radius 1 is 1.07 bits per heavy atom. The molecule has 0 aromatic heterocycles. The molecule has 2 aliphatic carbocycles. The van der Waals surface area contributed by atoms with Crippen molar-refractivity contribution in [3.8, 4) is 5.75 Å². The second-order valence-corrected chi connectivity index (χ2v) is 9.48. The summed E-state index contributed by atoms with van der Waals surface area (Å²) in [7, 11) is -4.06. The highest BCUT2D eigenvalue weighted by Gasteiger charge is 2.33. The predicted molar refractivity (Wildman–Crippen MR) is 106 cm³/mol. The molecule has 0 radical (unpaired) electrons. The molecule has 1 amide bonds. The van der Waals surface area contributed by atoms with Gasteiger partial charge in [0.2, 0.25) is 5.91 Å². The van der Waals surface area contributed by atoms with Crippen LogP contribution < -0.4 is 4.18 Å². The van der Waals surface area contributed by atoms with Gasteiger partial charge in [0.15, 0.2) is 0 Å². The third-order valence-corrected chi connectivity index (χ3v) is 6.78. The van der Waals surface area contributed by atoms with Gasteiger partial charge in [-0.2, -0.15) is 8.42 Å². The monoisotopic (exact) mass is 417 g/mol. The Kier molecular flexibility index (Phi) is 5.58. The van der Waals surface area contributed by atoms with Gasteiger partial charge >= 0.3 is 10.1 Å². The molecule has 0 unspecified atom stereocenters. The summed E-state index contributed by atoms with van der Waals surface area (Å²) in [6.07, 6.45) is 5.34. The lowest BCUT2D eigenvalue weighted by molar-refractivity contribution is -0.139. The van der Waals surface area contributed by atoms with Gasteiger partial charge in [-0.25, -0.2) is 4.39 Å². The minimum Gasteiger partial charge on any atom is -0.379 e. The lowest BCUT2D eigenvalue weighted by atomic mass is 9.84. The average molecular weight is 418 g/mol. The minimum absolute atomic E-state index is 0.111. The van der Waals surface area contributed by atoms with Crippen molar-refractivity contribution in [2.45, 2.75) is 43.5 Å². The Balaban J connectivity index is 1.48. The molecule has 0 N–H and O–H groups in total. The van der Waals surface area contributed by atoms with Gasteiger partial charge in [0.1, 0.15) is 16.5 Å². The van der Waals surface area contributed by atoms with E-state index in [-0.39, 0.29) is 22.5 Å². The number of halogens is 1. The first-order valence-corrected chi connectivity index (χ1v) is 11.4. The number of hydrogen-bond acceptors (Lipinski definition) is 4. The zero-order valence-corrected chi connectivity index (χ0v) is 16.9. The number of carbonyl (C=O) groups excluding carboxylic acids is 1. The minimum atomic E-state index is -4.06. The van der Waals surface area contributed by atoms with E-state index >= 15 is 0 Å². The zero-order valence-electron chi connectivity index (χ0n) is 16.1. The van der Waals surface area contributed by atoms with Crippen LogP contribution in [0.25, 0.3) is 0 Å². The molecule has 0 bridgehead atoms. The topological polar surface area (TPSA) is 63.7 Å². The van der Waals surface area contributed by atoms with Gasteiger partial charge < -0.3 is 9.08 Å². The summed E-state index contributed by atoms with van der Waals surface area (Å²) < 4.78 is 43.2. The fourth-order valence-corrected chi connectivity index (χ4v) is 4.37. The lowest BCUT2D eigenvalue weighted by Gasteiger charge is -2.32. The third kappa shape index (κ3) is 4.96. The Morgan fingerprint density at radius 3 is 2.41 bits per heavy atom. The van der Waals surface area contributed by atoms with Crippen LogP contribution in [-0.2, 0) is 21.5 Å². The quantitative estimate of drug-likeness (QED) is 0.606. The zero-order chi connectivity index (χ0) is 20.4. The van der Waals surface area contributed by atoms with Gasteiger partial charge in [0, 0.05) is 19.0 Å². The number of benzene rings is 2. The number of nitrogens with zero attached hydrogens (tertiary/aromatic N) is 1. The number of hydrogen-bond donors (Lipinski definition) is 0. The highest BCUT2D eigenvalue weighted by molar-refractivity contribution is 7.87. The van der Waals surface area contributed by atoms with Crippen molar-refractivity contribution in [3.63, 3.8) is 0 Å². The summed E-state index contributed by atoms with van der Waals surface area (Å²) in [6, 6.07) is 11.3. The summed E-state index contributed by atoms with van der Waals surface area (Å²) in [5, 5.41) is 0. The van der Waals surface area contributed by atoms with Gasteiger partial charge in [-0.1, -0.05) is 18.6 Å². The summed E-state index contributed by atoms with van der Waals surface area (Å²) >= 11 is 0. The van der Waals surface area contributed by atoms with E-state index in [4.69, 9.17) is 4.18 Å². The summed E-state index contributed by atoms with van der Waals surface area (Å²) in [5.41, 5.74) is 0.824. The van der Waals surface area contributed by atoms with E-state index in [2.05, 4.69) is 0 Å². The Labute approximate surface area is 170 Å². The molecule has 7 heteroatoms. The summed E-state index contributed by atoms with van der Waals surface area (Å²) in [4.78, 5) is 14.6. The van der Waals surface area contributed by atoms with Gasteiger partial charge in [0.25, 0.3) is 0 Å². The second-order valence-electron chi connectivity index (χ2n) is 7.93. The van der Waals surface area contributed by atoms with Crippen LogP contribution in [0, 0.1) is 17.7 Å². The van der Waals surface area contributed by atoms with E-state index < -0.39 is 15.9 Å². The van der Waals surface area contributed by atoms with Gasteiger partial charge in [-0.05, 0) is 73.6 Å². The van der Waals surface area contributed by atoms with E-state index in [0.29, 0.717) is 12.5 Å². The van der Waals surface area contributed by atoms with Crippen molar-refractivity contribution in [1.82, 2.24) is 4.90 Å². The van der Waals surface area contributed by atoms with Gasteiger partial charge in [-0.3, -0.25) is 4.79 Å². The molecule has 154 valence electrons. The van der Waals surface area contributed by atoms with Crippen LogP contribution in [0.4, 0.5) is 4.39 Å². The van der Waals surface area contributed by atoms with E-state index in [9.17, 15) is 17.6 Å². The van der Waals surface area contributed by atoms with E-state index in [0.717, 1.165) is 56.3 Å². The molecule has 4 rings (SSSR count). The van der Waals surface area contributed by atoms with Crippen molar-refractivity contribution in [3.05, 3.63) is 59.9 Å². The van der Waals surface area contributed by atoms with E-state index in [1.807, 2.05) is 11.0 Å². The standard InChI is InChI=1S/C22H24FNO4S/c23-19-9-11-21(12-10-19)29(26,27)28-20-6-1-3-17(13-20)15-24(14-16-7-8-16)22(25)18-4-2-5-18/h1,3,6,9-13,16,18H,2,4-5,7-8,14-15H2. The van der Waals surface area contributed by atoms with Crippen molar-refractivity contribution < 1.29 is 21.8 Å². The van der Waals surface area contributed by atoms with Crippen LogP contribution in [0.1, 0.15) is 37.7 Å². The predicted octanol–water partition coefficient (Wildman–Crippen LogP) is 4.13. The van der Waals surface area contributed by atoms with E-state index in [1.165, 1.54) is 12.1 Å². The van der Waals surface area contributed by atoms with Crippen LogP contribution in [0.5, 0.6) is 5.75 Å². The summed E-state index contributed by atoms with van der Waals surface area (Å²) in [6.45, 7) is 1.20. The molecule has 2 saturated carbocycles. The van der Waals surface area contributed by atoms with Crippen molar-refractivity contribution >= 4 is 16.0 Å². The molecule has 5 nitrogen and oxygen atoms in total. The second kappa shape index (κ2) is 8.14. The third-order valence-electron chi connectivity index (χ3n) is 5.52. The number of amides is 1. The molecular weight excluding hydrogens is 393 g/mol. The molecule has 0 atom stereocenters. The van der Waals surface area contributed by atoms with Crippen LogP contribution in [-0.4, -0.2) is 25.8 Å². The summed E-state index contributed by atoms with van der Waals surface area (Å²) in [5.74, 6) is 0.574. The first kappa shape index (κ1) is 19.9. The van der Waals surface area contributed by atoms with Crippen molar-refractivity contribution in [2.75, 3.05) is 6.54 Å². The van der Waals surface area contributed by atoms with Gasteiger partial charge in [0.05, 0.1) is 0 Å². The molecule has 2 aromatic rings. The molecule has 0 saturated heterocycles. The fraction of sp³-hybridized carbons (Fsp3) is 0.409. The highest BCUT2D eigenvalue weighted by atomic mass is 32.2. The van der Waals surface area contributed by atoms with Gasteiger partial charge in [-0.15, -0.1) is 0 Å². The normalized spacial score (nSPS) is 16.9. The molecule has 0 spiro atoms. The fourth-order valence-electron chi connectivity index (χ4n) is 3.45. The van der Waals surface area contributed by atoms with E-state index in [1.54, 1.807) is 18.2 Å². The largest absolute Gasteiger partial charge is 0.379 e. The molecule has 2 aromatic carbocycles. The molecular formula is C22H24FNO4S. The molecule has 2 fully saturated rings. The maximum absolute atomic E-state index is 13.1. The average Bonchev–Trinajstić information content (AvgIpc) is 3.44. The molecule has 29 heavy (non-hydrogen) atoms. The van der Waals surface area contributed by atoms with Crippen molar-refractivity contribution in [1.29, 1.82) is 0 Å². The molecule has 0 heterocycles. The van der Waals surface area contributed by atoms with Crippen LogP contribution in [0.3, 0.4) is 0 Å². The Morgan fingerprint density at radius 2 is 1.79 bits per heavy atom. The first-order chi connectivity index (χ1) is 13.9. The molecule has 0 aliphatic heterocycles. The smallest absolute Gasteiger partial charge is 0.339 e. The number of carbonyl (C=O) groups is 1. The number of rotatable bonds is 8. The first-order valence-electron chi connectivity index (χ1n) is 9.98. The highest BCUT2D eigenvalue weighted by Crippen LogP contribution is 2.34. The van der Waals surface area contributed by atoms with Crippen LogP contribution in [0.2, 0.25) is 0 Å². The maximum Gasteiger partial charge on any atom is 0.339 e. The molecule has 2 aliphatic rings. The lowest BCUT2D eigenvalue weighted by Crippen LogP contribution is -2.39. The Hall–Kier alpha value is -2.41. The Bertz CT molecular complexity index is 982. The maximum atomic E-state index is 13.1. The van der Waals surface area contributed by atoms with Crippen molar-refractivity contribution in [2.24, 2.45) is 11.8 Å². The van der Waals surface area contributed by atoms with Crippen LogP contribution in [0.15, 0.2) is 53.4 Å². The SMILES string of the molecule is O=C(C1CCC1)N(Cc1cccc(OS(=O)(=O)c2ccc(F)cc2)c1)CC1CC1.